The second-order valence-electron chi connectivity index (χ2n) is 4.91. The molecule has 1 heterocycles. The first kappa shape index (κ1) is 13.5. The van der Waals surface area contributed by atoms with Crippen LogP contribution in [0.25, 0.3) is 22.5 Å². The van der Waals surface area contributed by atoms with Gasteiger partial charge in [0, 0.05) is 11.1 Å². The quantitative estimate of drug-likeness (QED) is 0.690. The van der Waals surface area contributed by atoms with Gasteiger partial charge in [0.2, 0.25) is 0 Å². The summed E-state index contributed by atoms with van der Waals surface area (Å²) in [5.41, 5.74) is 11.6. The highest BCUT2D eigenvalue weighted by Crippen LogP contribution is 2.31. The number of aryl methyl sites for hydroxylation is 1. The van der Waals surface area contributed by atoms with Crippen molar-refractivity contribution in [2.24, 2.45) is 0 Å². The molecular formula is C17H15N3S. The molecule has 0 aliphatic carbocycles. The Balaban J connectivity index is 2.21. The molecule has 0 bridgehead atoms. The number of nitrogens with two attached hydrogens (primary N) is 1. The first-order valence-electron chi connectivity index (χ1n) is 6.67. The van der Waals surface area contributed by atoms with E-state index in [2.05, 4.69) is 16.9 Å². The standard InChI is InChI=1S/C17H15N3S/c1-11-7-9-13(10-8-11)16-14(18)15(19-17(21)20-16)12-5-3-2-4-6-12/h2-10H,18H2,1H3,(H,19,20,21). The van der Waals surface area contributed by atoms with E-state index < -0.39 is 0 Å². The minimum Gasteiger partial charge on any atom is -0.395 e. The highest BCUT2D eigenvalue weighted by atomic mass is 32.1. The number of hydrogen-bond donors (Lipinski definition) is 2. The third kappa shape index (κ3) is 2.71. The first-order valence-corrected chi connectivity index (χ1v) is 7.08. The minimum absolute atomic E-state index is 0.429. The van der Waals surface area contributed by atoms with Crippen molar-refractivity contribution in [3.05, 3.63) is 64.9 Å². The number of aromatic nitrogens is 2. The summed E-state index contributed by atoms with van der Waals surface area (Å²) in [6.45, 7) is 2.05. The van der Waals surface area contributed by atoms with Crippen molar-refractivity contribution in [3.63, 3.8) is 0 Å². The predicted octanol–water partition coefficient (Wildman–Crippen LogP) is 4.36. The Bertz CT molecular complexity index is 821. The van der Waals surface area contributed by atoms with Crippen LogP contribution in [0.3, 0.4) is 0 Å². The minimum atomic E-state index is 0.429. The van der Waals surface area contributed by atoms with Crippen LogP contribution in [0, 0.1) is 11.7 Å². The van der Waals surface area contributed by atoms with Crippen molar-refractivity contribution >= 4 is 17.9 Å². The Hall–Kier alpha value is -2.46. The summed E-state index contributed by atoms with van der Waals surface area (Å²) < 4.78 is 0.429. The maximum absolute atomic E-state index is 6.31. The third-order valence-electron chi connectivity index (χ3n) is 3.36. The van der Waals surface area contributed by atoms with Gasteiger partial charge in [0.25, 0.3) is 0 Å². The largest absolute Gasteiger partial charge is 0.395 e. The lowest BCUT2D eigenvalue weighted by Crippen LogP contribution is -2.00. The van der Waals surface area contributed by atoms with Gasteiger partial charge in [-0.1, -0.05) is 60.2 Å². The van der Waals surface area contributed by atoms with Gasteiger partial charge in [-0.2, -0.15) is 0 Å². The van der Waals surface area contributed by atoms with Crippen LogP contribution < -0.4 is 5.73 Å². The number of aromatic amines is 1. The Morgan fingerprint density at radius 1 is 0.952 bits per heavy atom. The lowest BCUT2D eigenvalue weighted by molar-refractivity contribution is 1.15. The van der Waals surface area contributed by atoms with E-state index in [-0.39, 0.29) is 0 Å². The molecule has 0 atom stereocenters. The van der Waals surface area contributed by atoms with Crippen LogP contribution in [0.5, 0.6) is 0 Å². The highest BCUT2D eigenvalue weighted by molar-refractivity contribution is 7.71. The number of anilines is 1. The van der Waals surface area contributed by atoms with Crippen molar-refractivity contribution in [1.82, 2.24) is 9.97 Å². The lowest BCUT2D eigenvalue weighted by Gasteiger charge is -2.11. The predicted molar refractivity (Wildman–Crippen MR) is 89.4 cm³/mol. The van der Waals surface area contributed by atoms with Gasteiger partial charge in [-0.3, -0.25) is 0 Å². The molecule has 3 N–H and O–H groups in total. The first-order chi connectivity index (χ1) is 10.1. The Kier molecular flexibility index (Phi) is 3.54. The van der Waals surface area contributed by atoms with E-state index in [4.69, 9.17) is 18.0 Å². The molecular weight excluding hydrogens is 278 g/mol. The van der Waals surface area contributed by atoms with E-state index >= 15 is 0 Å². The van der Waals surface area contributed by atoms with Crippen molar-refractivity contribution in [2.75, 3.05) is 5.73 Å². The van der Waals surface area contributed by atoms with Crippen molar-refractivity contribution < 1.29 is 0 Å². The molecule has 0 radical (unpaired) electrons. The molecule has 0 unspecified atom stereocenters. The number of nitrogens with zero attached hydrogens (tertiary/aromatic N) is 1. The molecule has 21 heavy (non-hydrogen) atoms. The molecule has 4 heteroatoms. The molecule has 3 nitrogen and oxygen atoms in total. The maximum Gasteiger partial charge on any atom is 0.197 e. The van der Waals surface area contributed by atoms with E-state index in [0.29, 0.717) is 10.5 Å². The molecule has 0 amide bonds. The van der Waals surface area contributed by atoms with Crippen LogP contribution in [0.4, 0.5) is 5.69 Å². The number of nitrogen functional groups attached to an aromatic ring is 1. The maximum atomic E-state index is 6.31. The molecule has 0 saturated heterocycles. The number of benzene rings is 2. The average Bonchev–Trinajstić information content (AvgIpc) is 2.51. The number of hydrogen-bond acceptors (Lipinski definition) is 3. The van der Waals surface area contributed by atoms with Crippen molar-refractivity contribution in [1.29, 1.82) is 0 Å². The van der Waals surface area contributed by atoms with E-state index in [1.54, 1.807) is 0 Å². The zero-order valence-corrected chi connectivity index (χ0v) is 12.4. The molecule has 3 aromatic rings. The van der Waals surface area contributed by atoms with Crippen LogP contribution in [0.1, 0.15) is 5.56 Å². The summed E-state index contributed by atoms with van der Waals surface area (Å²) in [5, 5.41) is 0. The fraction of sp³-hybridized carbons (Fsp3) is 0.0588. The number of nitrogens with one attached hydrogen (secondary N) is 1. The zero-order chi connectivity index (χ0) is 14.8. The highest BCUT2D eigenvalue weighted by Gasteiger charge is 2.11. The van der Waals surface area contributed by atoms with Gasteiger partial charge in [0.1, 0.15) is 0 Å². The average molecular weight is 293 g/mol. The van der Waals surface area contributed by atoms with Gasteiger partial charge in [-0.15, -0.1) is 0 Å². The fourth-order valence-corrected chi connectivity index (χ4v) is 2.44. The van der Waals surface area contributed by atoms with Gasteiger partial charge < -0.3 is 10.7 Å². The third-order valence-corrected chi connectivity index (χ3v) is 3.55. The van der Waals surface area contributed by atoms with Crippen LogP contribution in [-0.4, -0.2) is 9.97 Å². The molecule has 104 valence electrons. The second-order valence-corrected chi connectivity index (χ2v) is 5.30. The monoisotopic (exact) mass is 293 g/mol. The number of rotatable bonds is 2. The van der Waals surface area contributed by atoms with E-state index in [0.717, 1.165) is 22.5 Å². The van der Waals surface area contributed by atoms with E-state index in [1.165, 1.54) is 5.56 Å². The Labute approximate surface area is 128 Å². The molecule has 0 aliphatic heterocycles. The SMILES string of the molecule is Cc1ccc(-c2[nH]c(=S)nc(-c3ccccc3)c2N)cc1. The fourth-order valence-electron chi connectivity index (χ4n) is 2.25. The summed E-state index contributed by atoms with van der Waals surface area (Å²) >= 11 is 5.25. The smallest absolute Gasteiger partial charge is 0.197 e. The van der Waals surface area contributed by atoms with Crippen LogP contribution in [0.2, 0.25) is 0 Å². The summed E-state index contributed by atoms with van der Waals surface area (Å²) in [6, 6.07) is 18.0. The second kappa shape index (κ2) is 5.50. The van der Waals surface area contributed by atoms with Crippen molar-refractivity contribution in [2.45, 2.75) is 6.92 Å². The van der Waals surface area contributed by atoms with Crippen molar-refractivity contribution in [3.8, 4) is 22.5 Å². The zero-order valence-electron chi connectivity index (χ0n) is 11.6. The molecule has 3 rings (SSSR count). The van der Waals surface area contributed by atoms with Gasteiger partial charge in [0.15, 0.2) is 4.77 Å². The van der Waals surface area contributed by atoms with E-state index in [9.17, 15) is 0 Å². The van der Waals surface area contributed by atoms with Gasteiger partial charge in [-0.05, 0) is 19.1 Å². The van der Waals surface area contributed by atoms with Gasteiger partial charge in [0.05, 0.1) is 17.1 Å². The summed E-state index contributed by atoms with van der Waals surface area (Å²) in [7, 11) is 0. The molecule has 0 aliphatic rings. The molecule has 1 aromatic heterocycles. The molecule has 0 fully saturated rings. The van der Waals surface area contributed by atoms with Gasteiger partial charge >= 0.3 is 0 Å². The summed E-state index contributed by atoms with van der Waals surface area (Å²) in [6.07, 6.45) is 0. The lowest BCUT2D eigenvalue weighted by atomic mass is 10.0. The Morgan fingerprint density at radius 2 is 1.62 bits per heavy atom. The summed E-state index contributed by atoms with van der Waals surface area (Å²) in [5.74, 6) is 0. The van der Waals surface area contributed by atoms with Gasteiger partial charge in [-0.25, -0.2) is 4.98 Å². The Morgan fingerprint density at radius 3 is 2.29 bits per heavy atom. The normalized spacial score (nSPS) is 10.5. The summed E-state index contributed by atoms with van der Waals surface area (Å²) in [4.78, 5) is 7.48. The number of H-pyrrole nitrogens is 1. The van der Waals surface area contributed by atoms with E-state index in [1.807, 2.05) is 54.6 Å². The molecule has 0 spiro atoms. The van der Waals surface area contributed by atoms with Crippen LogP contribution in [-0.2, 0) is 0 Å². The molecule has 0 saturated carbocycles. The molecule has 2 aromatic carbocycles. The van der Waals surface area contributed by atoms with Crippen LogP contribution >= 0.6 is 12.2 Å². The van der Waals surface area contributed by atoms with Crippen LogP contribution in [0.15, 0.2) is 54.6 Å². The topological polar surface area (TPSA) is 54.7 Å².